The fourth-order valence-electron chi connectivity index (χ4n) is 2.68. The minimum absolute atomic E-state index is 0.0971. The van der Waals surface area contributed by atoms with Crippen LogP contribution >= 0.6 is 0 Å². The van der Waals surface area contributed by atoms with Crippen LogP contribution in [-0.4, -0.2) is 53.5 Å². The van der Waals surface area contributed by atoms with E-state index in [1.165, 1.54) is 4.90 Å². The fourth-order valence-corrected chi connectivity index (χ4v) is 2.68. The molecule has 3 rings (SSSR count). The number of piperazine rings is 1. The summed E-state index contributed by atoms with van der Waals surface area (Å²) in [6, 6.07) is 4.12. The lowest BCUT2D eigenvalue weighted by molar-refractivity contribution is -0.142. The van der Waals surface area contributed by atoms with Crippen molar-refractivity contribution in [3.05, 3.63) is 29.3 Å². The van der Waals surface area contributed by atoms with Gasteiger partial charge in [0.1, 0.15) is 6.04 Å². The average molecular weight is 289 g/mol. The average Bonchev–Trinajstić information content (AvgIpc) is 2.85. The molecule has 110 valence electrons. The topological polar surface area (TPSA) is 98.7 Å². The van der Waals surface area contributed by atoms with E-state index in [2.05, 4.69) is 10.6 Å². The molecule has 1 aromatic carbocycles. The number of hydrogen-bond acceptors (Lipinski definition) is 4. The van der Waals surface area contributed by atoms with E-state index < -0.39 is 12.0 Å². The third-order valence-electron chi connectivity index (χ3n) is 3.77. The molecular formula is C14H15N3O4. The number of carbonyl (C=O) groups is 3. The highest BCUT2D eigenvalue weighted by Crippen LogP contribution is 2.25. The zero-order valence-corrected chi connectivity index (χ0v) is 11.3. The number of benzene rings is 1. The van der Waals surface area contributed by atoms with E-state index in [-0.39, 0.29) is 18.4 Å². The zero-order chi connectivity index (χ0) is 15.0. The fraction of sp³-hybridized carbons (Fsp3) is 0.357. The Bertz CT molecular complexity index is 629. The number of rotatable bonds is 2. The highest BCUT2D eigenvalue weighted by atomic mass is 16.4. The molecule has 0 bridgehead atoms. The SMILES string of the molecule is O=C1Cc2ccc(C(=O)N3CCNCC3C(=O)O)cc2N1. The molecule has 2 aliphatic rings. The monoisotopic (exact) mass is 289 g/mol. The number of nitrogens with zero attached hydrogens (tertiary/aromatic N) is 1. The molecule has 1 fully saturated rings. The lowest BCUT2D eigenvalue weighted by atomic mass is 10.1. The van der Waals surface area contributed by atoms with Crippen LogP contribution in [0.15, 0.2) is 18.2 Å². The first-order valence-corrected chi connectivity index (χ1v) is 6.73. The standard InChI is InChI=1S/C14H15N3O4/c18-12-6-8-1-2-9(5-10(8)16-12)13(19)17-4-3-15-7-11(17)14(20)21/h1-2,5,11,15H,3-4,6-7H2,(H,16,18)(H,20,21). The van der Waals surface area contributed by atoms with Gasteiger partial charge in [0.15, 0.2) is 0 Å². The smallest absolute Gasteiger partial charge is 0.327 e. The number of carbonyl (C=O) groups excluding carboxylic acids is 2. The predicted molar refractivity (Wildman–Crippen MR) is 74.1 cm³/mol. The van der Waals surface area contributed by atoms with Gasteiger partial charge in [0.25, 0.3) is 5.91 Å². The van der Waals surface area contributed by atoms with E-state index >= 15 is 0 Å². The lowest BCUT2D eigenvalue weighted by Crippen LogP contribution is -2.56. The van der Waals surface area contributed by atoms with Gasteiger partial charge in [-0.15, -0.1) is 0 Å². The maximum Gasteiger partial charge on any atom is 0.327 e. The summed E-state index contributed by atoms with van der Waals surface area (Å²) in [6.45, 7) is 1.15. The van der Waals surface area contributed by atoms with Crippen LogP contribution in [0.25, 0.3) is 0 Å². The molecule has 0 radical (unpaired) electrons. The van der Waals surface area contributed by atoms with Gasteiger partial charge in [-0.3, -0.25) is 9.59 Å². The van der Waals surface area contributed by atoms with Crippen molar-refractivity contribution < 1.29 is 19.5 Å². The summed E-state index contributed by atoms with van der Waals surface area (Å²) in [7, 11) is 0. The van der Waals surface area contributed by atoms with Crippen LogP contribution in [0.4, 0.5) is 5.69 Å². The first-order valence-electron chi connectivity index (χ1n) is 6.73. The van der Waals surface area contributed by atoms with Crippen LogP contribution in [0, 0.1) is 0 Å². The first-order chi connectivity index (χ1) is 10.1. The van der Waals surface area contributed by atoms with Crippen molar-refractivity contribution in [2.75, 3.05) is 25.0 Å². The summed E-state index contributed by atoms with van der Waals surface area (Å²) in [5, 5.41) is 14.9. The van der Waals surface area contributed by atoms with Crippen molar-refractivity contribution in [2.45, 2.75) is 12.5 Å². The molecule has 2 amide bonds. The Hall–Kier alpha value is -2.41. The van der Waals surface area contributed by atoms with E-state index in [4.69, 9.17) is 0 Å². The summed E-state index contributed by atoms with van der Waals surface area (Å²) in [4.78, 5) is 36.4. The summed E-state index contributed by atoms with van der Waals surface area (Å²) < 4.78 is 0. The largest absolute Gasteiger partial charge is 0.480 e. The van der Waals surface area contributed by atoms with Crippen LogP contribution in [-0.2, 0) is 16.0 Å². The molecule has 0 aliphatic carbocycles. The molecule has 2 aliphatic heterocycles. The highest BCUT2D eigenvalue weighted by molar-refractivity contribution is 6.03. The second-order valence-electron chi connectivity index (χ2n) is 5.15. The molecule has 0 saturated carbocycles. The molecule has 7 nitrogen and oxygen atoms in total. The van der Waals surface area contributed by atoms with Gasteiger partial charge in [-0.05, 0) is 17.7 Å². The van der Waals surface area contributed by atoms with Crippen LogP contribution in [0.5, 0.6) is 0 Å². The maximum absolute atomic E-state index is 12.5. The number of carboxylic acids is 1. The molecule has 1 saturated heterocycles. The van der Waals surface area contributed by atoms with Gasteiger partial charge < -0.3 is 20.6 Å². The van der Waals surface area contributed by atoms with Crippen molar-refractivity contribution in [1.82, 2.24) is 10.2 Å². The minimum atomic E-state index is -1.02. The van der Waals surface area contributed by atoms with Crippen LogP contribution in [0.2, 0.25) is 0 Å². The van der Waals surface area contributed by atoms with Gasteiger partial charge in [0, 0.05) is 30.9 Å². The molecule has 3 N–H and O–H groups in total. The second-order valence-corrected chi connectivity index (χ2v) is 5.15. The number of amides is 2. The Morgan fingerprint density at radius 1 is 1.33 bits per heavy atom. The molecule has 7 heteroatoms. The van der Waals surface area contributed by atoms with Gasteiger partial charge in [-0.2, -0.15) is 0 Å². The van der Waals surface area contributed by atoms with E-state index in [0.29, 0.717) is 30.8 Å². The molecule has 21 heavy (non-hydrogen) atoms. The van der Waals surface area contributed by atoms with Crippen molar-refractivity contribution in [1.29, 1.82) is 0 Å². The van der Waals surface area contributed by atoms with Crippen molar-refractivity contribution in [3.63, 3.8) is 0 Å². The number of fused-ring (bicyclic) bond motifs is 1. The molecular weight excluding hydrogens is 274 g/mol. The number of nitrogens with one attached hydrogen (secondary N) is 2. The van der Waals surface area contributed by atoms with Gasteiger partial charge in [-0.1, -0.05) is 6.07 Å². The summed E-state index contributed by atoms with van der Waals surface area (Å²) in [5.41, 5.74) is 1.88. The number of aliphatic carboxylic acids is 1. The van der Waals surface area contributed by atoms with Crippen LogP contribution in [0.3, 0.4) is 0 Å². The molecule has 1 aromatic rings. The van der Waals surface area contributed by atoms with Gasteiger partial charge in [-0.25, -0.2) is 4.79 Å². The Balaban J connectivity index is 1.86. The first kappa shape index (κ1) is 13.6. The summed E-state index contributed by atoms with van der Waals surface area (Å²) in [6.07, 6.45) is 0.315. The Morgan fingerprint density at radius 2 is 2.14 bits per heavy atom. The number of hydrogen-bond donors (Lipinski definition) is 3. The lowest BCUT2D eigenvalue weighted by Gasteiger charge is -2.33. The normalized spacial score (nSPS) is 20.9. The maximum atomic E-state index is 12.5. The van der Waals surface area contributed by atoms with E-state index in [1.54, 1.807) is 18.2 Å². The van der Waals surface area contributed by atoms with Crippen molar-refractivity contribution in [3.8, 4) is 0 Å². The minimum Gasteiger partial charge on any atom is -0.480 e. The third-order valence-corrected chi connectivity index (χ3v) is 3.77. The van der Waals surface area contributed by atoms with Crippen molar-refractivity contribution in [2.24, 2.45) is 0 Å². The Kier molecular flexibility index (Phi) is 3.34. The van der Waals surface area contributed by atoms with Gasteiger partial charge in [0.2, 0.25) is 5.91 Å². The molecule has 2 heterocycles. The molecule has 0 spiro atoms. The summed E-state index contributed by atoms with van der Waals surface area (Å²) >= 11 is 0. The van der Waals surface area contributed by atoms with E-state index in [1.807, 2.05) is 0 Å². The van der Waals surface area contributed by atoms with Gasteiger partial charge >= 0.3 is 5.97 Å². The Labute approximate surface area is 120 Å². The number of anilines is 1. The molecule has 1 unspecified atom stereocenters. The van der Waals surface area contributed by atoms with E-state index in [0.717, 1.165) is 5.56 Å². The van der Waals surface area contributed by atoms with E-state index in [9.17, 15) is 19.5 Å². The quantitative estimate of drug-likeness (QED) is 0.693. The second kappa shape index (κ2) is 5.17. The molecule has 0 aromatic heterocycles. The van der Waals surface area contributed by atoms with Crippen LogP contribution < -0.4 is 10.6 Å². The third kappa shape index (κ3) is 2.47. The van der Waals surface area contributed by atoms with Gasteiger partial charge in [0.05, 0.1) is 6.42 Å². The zero-order valence-electron chi connectivity index (χ0n) is 11.3. The van der Waals surface area contributed by atoms with Crippen molar-refractivity contribution >= 4 is 23.5 Å². The number of carboxylic acid groups (broad SMARTS) is 1. The summed E-state index contributed by atoms with van der Waals surface area (Å²) in [5.74, 6) is -1.45. The predicted octanol–water partition coefficient (Wildman–Crippen LogP) is -0.320. The Morgan fingerprint density at radius 3 is 2.90 bits per heavy atom. The molecule has 1 atom stereocenters. The highest BCUT2D eigenvalue weighted by Gasteiger charge is 2.33. The van der Waals surface area contributed by atoms with Crippen LogP contribution in [0.1, 0.15) is 15.9 Å².